The molecule has 0 aliphatic carbocycles. The van der Waals surface area contributed by atoms with Crippen molar-refractivity contribution >= 4 is 33.2 Å². The second-order valence-corrected chi connectivity index (χ2v) is 5.99. The minimum Gasteiger partial charge on any atom is -0.378 e. The molecular weight excluding hydrogens is 344 g/mol. The normalized spacial score (nSPS) is 14.7. The van der Waals surface area contributed by atoms with Crippen LogP contribution in [0.2, 0.25) is 0 Å². The number of amides is 1. The highest BCUT2D eigenvalue weighted by Crippen LogP contribution is 2.27. The highest BCUT2D eigenvalue weighted by Gasteiger charge is 2.16. The van der Waals surface area contributed by atoms with Gasteiger partial charge in [0.15, 0.2) is 0 Å². The Morgan fingerprint density at radius 2 is 1.73 bits per heavy atom. The van der Waals surface area contributed by atoms with Gasteiger partial charge >= 0.3 is 0 Å². The number of morpholine rings is 1. The van der Waals surface area contributed by atoms with Crippen LogP contribution in [0.15, 0.2) is 53.0 Å². The SMILES string of the molecule is O=C(Nc1ccccc1N1CCOCC1)c1ccc(Br)cc1. The molecule has 0 atom stereocenters. The number of halogens is 1. The molecule has 1 saturated heterocycles. The van der Waals surface area contributed by atoms with E-state index in [1.165, 1.54) is 0 Å². The summed E-state index contributed by atoms with van der Waals surface area (Å²) in [5, 5.41) is 3.01. The van der Waals surface area contributed by atoms with E-state index in [1.807, 2.05) is 36.4 Å². The van der Waals surface area contributed by atoms with Gasteiger partial charge in [-0.15, -0.1) is 0 Å². The molecule has 2 aromatic rings. The summed E-state index contributed by atoms with van der Waals surface area (Å²) in [5.74, 6) is -0.104. The zero-order chi connectivity index (χ0) is 15.4. The van der Waals surface area contributed by atoms with Gasteiger partial charge in [-0.1, -0.05) is 28.1 Å². The second-order valence-electron chi connectivity index (χ2n) is 5.08. The van der Waals surface area contributed by atoms with E-state index in [9.17, 15) is 4.79 Å². The van der Waals surface area contributed by atoms with Crippen molar-refractivity contribution in [2.24, 2.45) is 0 Å². The molecule has 22 heavy (non-hydrogen) atoms. The maximum absolute atomic E-state index is 12.4. The zero-order valence-electron chi connectivity index (χ0n) is 12.1. The molecule has 4 nitrogen and oxygen atoms in total. The van der Waals surface area contributed by atoms with Crippen LogP contribution in [-0.2, 0) is 4.74 Å². The molecule has 3 rings (SSSR count). The number of hydrogen-bond acceptors (Lipinski definition) is 3. The molecule has 5 heteroatoms. The van der Waals surface area contributed by atoms with Crippen molar-refractivity contribution in [3.63, 3.8) is 0 Å². The largest absolute Gasteiger partial charge is 0.378 e. The minimum atomic E-state index is -0.104. The van der Waals surface area contributed by atoms with Crippen LogP contribution in [0.1, 0.15) is 10.4 Å². The molecule has 2 aromatic carbocycles. The van der Waals surface area contributed by atoms with Crippen LogP contribution >= 0.6 is 15.9 Å². The lowest BCUT2D eigenvalue weighted by Gasteiger charge is -2.30. The molecule has 1 heterocycles. The van der Waals surface area contributed by atoms with Crippen molar-refractivity contribution in [3.05, 3.63) is 58.6 Å². The first-order valence-electron chi connectivity index (χ1n) is 7.23. The van der Waals surface area contributed by atoms with E-state index in [2.05, 4.69) is 26.1 Å². The number of carbonyl (C=O) groups is 1. The molecule has 1 amide bonds. The quantitative estimate of drug-likeness (QED) is 0.909. The number of hydrogen-bond donors (Lipinski definition) is 1. The van der Waals surface area contributed by atoms with Gasteiger partial charge in [0.05, 0.1) is 24.6 Å². The van der Waals surface area contributed by atoms with E-state index in [0.717, 1.165) is 42.2 Å². The summed E-state index contributed by atoms with van der Waals surface area (Å²) >= 11 is 3.37. The smallest absolute Gasteiger partial charge is 0.255 e. The monoisotopic (exact) mass is 360 g/mol. The molecule has 0 spiro atoms. The summed E-state index contributed by atoms with van der Waals surface area (Å²) in [4.78, 5) is 14.6. The number of rotatable bonds is 3. The van der Waals surface area contributed by atoms with Crippen LogP contribution in [0.5, 0.6) is 0 Å². The third-order valence-electron chi connectivity index (χ3n) is 3.61. The molecule has 0 unspecified atom stereocenters. The van der Waals surface area contributed by atoms with Crippen LogP contribution in [0, 0.1) is 0 Å². The van der Waals surface area contributed by atoms with E-state index in [1.54, 1.807) is 12.1 Å². The maximum Gasteiger partial charge on any atom is 0.255 e. The Morgan fingerprint density at radius 1 is 1.05 bits per heavy atom. The first-order valence-corrected chi connectivity index (χ1v) is 8.02. The van der Waals surface area contributed by atoms with Crippen molar-refractivity contribution in [2.75, 3.05) is 36.5 Å². The van der Waals surface area contributed by atoms with Crippen molar-refractivity contribution in [2.45, 2.75) is 0 Å². The molecule has 0 radical (unpaired) electrons. The molecule has 1 fully saturated rings. The predicted molar refractivity (Wildman–Crippen MR) is 91.6 cm³/mol. The molecular formula is C17H17BrN2O2. The van der Waals surface area contributed by atoms with Crippen molar-refractivity contribution in [1.29, 1.82) is 0 Å². The fraction of sp³-hybridized carbons (Fsp3) is 0.235. The first kappa shape index (κ1) is 15.1. The minimum absolute atomic E-state index is 0.104. The lowest BCUT2D eigenvalue weighted by molar-refractivity contribution is 0.102. The van der Waals surface area contributed by atoms with Crippen molar-refractivity contribution < 1.29 is 9.53 Å². The molecule has 0 saturated carbocycles. The molecule has 1 aliphatic heterocycles. The average molecular weight is 361 g/mol. The summed E-state index contributed by atoms with van der Waals surface area (Å²) in [6, 6.07) is 15.2. The highest BCUT2D eigenvalue weighted by atomic mass is 79.9. The van der Waals surface area contributed by atoms with Gasteiger partial charge in [-0.05, 0) is 36.4 Å². The van der Waals surface area contributed by atoms with Gasteiger partial charge in [-0.3, -0.25) is 4.79 Å². The van der Waals surface area contributed by atoms with E-state index in [4.69, 9.17) is 4.74 Å². The van der Waals surface area contributed by atoms with Crippen LogP contribution in [0.3, 0.4) is 0 Å². The maximum atomic E-state index is 12.4. The Bertz CT molecular complexity index is 652. The first-order chi connectivity index (χ1) is 10.7. The van der Waals surface area contributed by atoms with Crippen molar-refractivity contribution in [1.82, 2.24) is 0 Å². The Morgan fingerprint density at radius 3 is 2.45 bits per heavy atom. The van der Waals surface area contributed by atoms with Gasteiger partial charge < -0.3 is 15.0 Å². The Labute approximate surface area is 138 Å². The number of anilines is 2. The van der Waals surface area contributed by atoms with Gasteiger partial charge in [0.1, 0.15) is 0 Å². The topological polar surface area (TPSA) is 41.6 Å². The third-order valence-corrected chi connectivity index (χ3v) is 4.14. The lowest BCUT2D eigenvalue weighted by Crippen LogP contribution is -2.36. The number of para-hydroxylation sites is 2. The fourth-order valence-corrected chi connectivity index (χ4v) is 2.72. The zero-order valence-corrected chi connectivity index (χ0v) is 13.7. The summed E-state index contributed by atoms with van der Waals surface area (Å²) in [6.07, 6.45) is 0. The highest BCUT2D eigenvalue weighted by molar-refractivity contribution is 9.10. The van der Waals surface area contributed by atoms with Gasteiger partial charge in [0.25, 0.3) is 5.91 Å². The standard InChI is InChI=1S/C17H17BrN2O2/c18-14-7-5-13(6-8-14)17(21)19-15-3-1-2-4-16(15)20-9-11-22-12-10-20/h1-8H,9-12H2,(H,19,21). The second kappa shape index (κ2) is 6.94. The van der Waals surface area contributed by atoms with Crippen molar-refractivity contribution in [3.8, 4) is 0 Å². The van der Waals surface area contributed by atoms with Gasteiger partial charge in [0.2, 0.25) is 0 Å². The summed E-state index contributed by atoms with van der Waals surface area (Å²) in [5.41, 5.74) is 2.51. The number of benzene rings is 2. The third kappa shape index (κ3) is 3.48. The van der Waals surface area contributed by atoms with Crippen LogP contribution in [0.25, 0.3) is 0 Å². The van der Waals surface area contributed by atoms with Gasteiger partial charge in [-0.25, -0.2) is 0 Å². The summed E-state index contributed by atoms with van der Waals surface area (Å²) in [6.45, 7) is 3.11. The summed E-state index contributed by atoms with van der Waals surface area (Å²) in [7, 11) is 0. The van der Waals surface area contributed by atoms with Gasteiger partial charge in [-0.2, -0.15) is 0 Å². The Balaban J connectivity index is 1.79. The Kier molecular flexibility index (Phi) is 4.75. The molecule has 0 aromatic heterocycles. The molecule has 1 N–H and O–H groups in total. The fourth-order valence-electron chi connectivity index (χ4n) is 2.46. The van der Waals surface area contributed by atoms with E-state index < -0.39 is 0 Å². The van der Waals surface area contributed by atoms with E-state index >= 15 is 0 Å². The van der Waals surface area contributed by atoms with E-state index in [-0.39, 0.29) is 5.91 Å². The molecule has 114 valence electrons. The lowest BCUT2D eigenvalue weighted by atomic mass is 10.2. The van der Waals surface area contributed by atoms with E-state index in [0.29, 0.717) is 5.56 Å². The average Bonchev–Trinajstić information content (AvgIpc) is 2.57. The number of nitrogens with one attached hydrogen (secondary N) is 1. The summed E-state index contributed by atoms with van der Waals surface area (Å²) < 4.78 is 6.35. The van der Waals surface area contributed by atoms with Crippen LogP contribution in [0.4, 0.5) is 11.4 Å². The molecule has 1 aliphatic rings. The molecule has 0 bridgehead atoms. The van der Waals surface area contributed by atoms with Gasteiger partial charge in [0, 0.05) is 23.1 Å². The number of nitrogens with zero attached hydrogens (tertiary/aromatic N) is 1. The number of ether oxygens (including phenoxy) is 1. The predicted octanol–water partition coefficient (Wildman–Crippen LogP) is 3.54. The Hall–Kier alpha value is -1.85. The van der Waals surface area contributed by atoms with Crippen LogP contribution < -0.4 is 10.2 Å². The number of carbonyl (C=O) groups excluding carboxylic acids is 1. The van der Waals surface area contributed by atoms with Crippen LogP contribution in [-0.4, -0.2) is 32.2 Å².